The summed E-state index contributed by atoms with van der Waals surface area (Å²) in [5.41, 5.74) is 0.563. The van der Waals surface area contributed by atoms with Crippen LogP contribution in [0.1, 0.15) is 30.7 Å². The Balaban J connectivity index is 2.17. The Bertz CT molecular complexity index is 311. The van der Waals surface area contributed by atoms with E-state index in [-0.39, 0.29) is 0 Å². The van der Waals surface area contributed by atoms with Crippen LogP contribution in [-0.2, 0) is 0 Å². The zero-order valence-electron chi connectivity index (χ0n) is 7.72. The standard InChI is InChI=1S/C10H11BF3/c12-11(13,14)10-6-4-9(5-7-10)8-2-1-3-8/h4-8H,1-3H2/q-1. The normalized spacial score (nSPS) is 17.9. The monoisotopic (exact) mass is 199 g/mol. The Morgan fingerprint density at radius 2 is 1.57 bits per heavy atom. The van der Waals surface area contributed by atoms with E-state index < -0.39 is 12.4 Å². The number of hydrogen-bond donors (Lipinski definition) is 0. The highest BCUT2D eigenvalue weighted by Crippen LogP contribution is 2.35. The molecule has 0 aliphatic heterocycles. The fraction of sp³-hybridized carbons (Fsp3) is 0.400. The van der Waals surface area contributed by atoms with Crippen LogP contribution in [0.3, 0.4) is 0 Å². The highest BCUT2D eigenvalue weighted by Gasteiger charge is 2.26. The number of halogens is 3. The molecule has 0 bridgehead atoms. The molecule has 0 heterocycles. The van der Waals surface area contributed by atoms with Crippen molar-refractivity contribution in [3.63, 3.8) is 0 Å². The summed E-state index contributed by atoms with van der Waals surface area (Å²) in [7, 11) is 0. The second kappa shape index (κ2) is 3.33. The smallest absolute Gasteiger partial charge is 0.445 e. The van der Waals surface area contributed by atoms with Crippen LogP contribution < -0.4 is 5.46 Å². The van der Waals surface area contributed by atoms with Gasteiger partial charge in [0, 0.05) is 0 Å². The van der Waals surface area contributed by atoms with Gasteiger partial charge in [0.2, 0.25) is 0 Å². The third-order valence-electron chi connectivity index (χ3n) is 2.89. The van der Waals surface area contributed by atoms with Gasteiger partial charge in [0.25, 0.3) is 0 Å². The minimum atomic E-state index is -4.83. The van der Waals surface area contributed by atoms with Crippen molar-refractivity contribution in [3.05, 3.63) is 29.8 Å². The summed E-state index contributed by atoms with van der Waals surface area (Å²) >= 11 is 0. The lowest BCUT2D eigenvalue weighted by molar-refractivity contribution is 0.420. The average molecular weight is 199 g/mol. The van der Waals surface area contributed by atoms with E-state index in [0.29, 0.717) is 5.92 Å². The largest absolute Gasteiger partial charge is 0.509 e. The molecule has 0 nitrogen and oxygen atoms in total. The molecule has 1 saturated carbocycles. The van der Waals surface area contributed by atoms with Crippen molar-refractivity contribution >= 4 is 12.4 Å². The van der Waals surface area contributed by atoms with E-state index in [2.05, 4.69) is 0 Å². The summed E-state index contributed by atoms with van der Waals surface area (Å²) in [6.45, 7) is -4.83. The van der Waals surface area contributed by atoms with Gasteiger partial charge < -0.3 is 12.9 Å². The molecule has 76 valence electrons. The first kappa shape index (κ1) is 9.62. The SMILES string of the molecule is F[B-](F)(F)c1ccc(C2CCC2)cc1. The van der Waals surface area contributed by atoms with Gasteiger partial charge in [0.05, 0.1) is 0 Å². The van der Waals surface area contributed by atoms with Gasteiger partial charge in [-0.2, -0.15) is 0 Å². The maximum absolute atomic E-state index is 12.3. The fourth-order valence-electron chi connectivity index (χ4n) is 1.73. The van der Waals surface area contributed by atoms with Crippen molar-refractivity contribution in [3.8, 4) is 0 Å². The summed E-state index contributed by atoms with van der Waals surface area (Å²) in [6.07, 6.45) is 3.45. The zero-order chi connectivity index (χ0) is 10.2. The van der Waals surface area contributed by atoms with Crippen LogP contribution >= 0.6 is 0 Å². The number of benzene rings is 1. The lowest BCUT2D eigenvalue weighted by Crippen LogP contribution is -2.33. The predicted molar refractivity (Wildman–Crippen MR) is 51.7 cm³/mol. The Labute approximate surface area is 81.2 Å². The van der Waals surface area contributed by atoms with Crippen LogP contribution in [0.25, 0.3) is 0 Å². The van der Waals surface area contributed by atoms with Gasteiger partial charge >= 0.3 is 6.98 Å². The first-order chi connectivity index (χ1) is 6.57. The highest BCUT2D eigenvalue weighted by atomic mass is 19.4. The van der Waals surface area contributed by atoms with Crippen molar-refractivity contribution in [2.24, 2.45) is 0 Å². The highest BCUT2D eigenvalue weighted by molar-refractivity contribution is 6.73. The fourth-order valence-corrected chi connectivity index (χ4v) is 1.73. The number of rotatable bonds is 2. The van der Waals surface area contributed by atoms with Gasteiger partial charge in [-0.05, 0) is 24.3 Å². The summed E-state index contributed by atoms with van der Waals surface area (Å²) in [5, 5.41) is 0. The average Bonchev–Trinajstić information content (AvgIpc) is 2.00. The van der Waals surface area contributed by atoms with Crippen LogP contribution in [0.4, 0.5) is 12.9 Å². The molecule has 1 aromatic carbocycles. The van der Waals surface area contributed by atoms with Crippen LogP contribution in [0.15, 0.2) is 24.3 Å². The van der Waals surface area contributed by atoms with Crippen molar-refractivity contribution in [1.29, 1.82) is 0 Å². The number of hydrogen-bond acceptors (Lipinski definition) is 0. The third-order valence-corrected chi connectivity index (χ3v) is 2.89. The van der Waals surface area contributed by atoms with E-state index in [9.17, 15) is 12.9 Å². The predicted octanol–water partition coefficient (Wildman–Crippen LogP) is 3.01. The molecule has 1 aliphatic rings. The van der Waals surface area contributed by atoms with Crippen LogP contribution in [-0.4, -0.2) is 6.98 Å². The quantitative estimate of drug-likeness (QED) is 0.642. The maximum Gasteiger partial charge on any atom is 0.509 e. The molecular formula is C10H11BF3-. The summed E-state index contributed by atoms with van der Waals surface area (Å²) in [5.74, 6) is 0.504. The van der Waals surface area contributed by atoms with Crippen LogP contribution in [0, 0.1) is 0 Å². The summed E-state index contributed by atoms with van der Waals surface area (Å²) in [6, 6.07) is 5.64. The van der Waals surface area contributed by atoms with Crippen LogP contribution in [0.2, 0.25) is 0 Å². The van der Waals surface area contributed by atoms with Crippen molar-refractivity contribution in [2.45, 2.75) is 25.2 Å². The van der Waals surface area contributed by atoms with E-state index in [1.54, 1.807) is 12.1 Å². The molecule has 1 aliphatic carbocycles. The third kappa shape index (κ3) is 1.79. The van der Waals surface area contributed by atoms with E-state index in [4.69, 9.17) is 0 Å². The van der Waals surface area contributed by atoms with Gasteiger partial charge in [-0.3, -0.25) is 0 Å². The van der Waals surface area contributed by atoms with E-state index in [0.717, 1.165) is 18.4 Å². The van der Waals surface area contributed by atoms with Crippen molar-refractivity contribution in [1.82, 2.24) is 0 Å². The molecule has 0 N–H and O–H groups in total. The summed E-state index contributed by atoms with van der Waals surface area (Å²) in [4.78, 5) is 0. The van der Waals surface area contributed by atoms with Gasteiger partial charge in [-0.25, -0.2) is 0 Å². The topological polar surface area (TPSA) is 0 Å². The minimum Gasteiger partial charge on any atom is -0.445 e. The molecule has 14 heavy (non-hydrogen) atoms. The first-order valence-electron chi connectivity index (χ1n) is 4.87. The van der Waals surface area contributed by atoms with E-state index >= 15 is 0 Å². The molecular weight excluding hydrogens is 188 g/mol. The first-order valence-corrected chi connectivity index (χ1v) is 4.87. The van der Waals surface area contributed by atoms with Crippen molar-refractivity contribution in [2.75, 3.05) is 0 Å². The van der Waals surface area contributed by atoms with Gasteiger partial charge in [0.1, 0.15) is 0 Å². The molecule has 4 heteroatoms. The molecule has 0 spiro atoms. The van der Waals surface area contributed by atoms with Gasteiger partial charge in [0.15, 0.2) is 0 Å². The molecule has 0 saturated heterocycles. The lowest BCUT2D eigenvalue weighted by atomic mass is 9.76. The Hall–Kier alpha value is -0.925. The second-order valence-corrected chi connectivity index (χ2v) is 3.87. The molecule has 2 rings (SSSR count). The van der Waals surface area contributed by atoms with E-state index in [1.807, 2.05) is 0 Å². The molecule has 0 unspecified atom stereocenters. The Morgan fingerprint density at radius 3 is 1.93 bits per heavy atom. The molecule has 0 amide bonds. The zero-order valence-corrected chi connectivity index (χ0v) is 7.72. The Morgan fingerprint density at radius 1 is 1.00 bits per heavy atom. The van der Waals surface area contributed by atoms with Crippen molar-refractivity contribution < 1.29 is 12.9 Å². The molecule has 1 aromatic rings. The minimum absolute atomic E-state index is 0.493. The summed E-state index contributed by atoms with van der Waals surface area (Å²) < 4.78 is 36.8. The van der Waals surface area contributed by atoms with Gasteiger partial charge in [-0.1, -0.05) is 30.7 Å². The lowest BCUT2D eigenvalue weighted by Gasteiger charge is -2.26. The molecule has 0 aromatic heterocycles. The Kier molecular flexibility index (Phi) is 2.29. The van der Waals surface area contributed by atoms with E-state index in [1.165, 1.54) is 18.6 Å². The maximum atomic E-state index is 12.3. The molecule has 1 fully saturated rings. The van der Waals surface area contributed by atoms with Gasteiger partial charge in [-0.15, -0.1) is 5.46 Å². The molecule has 0 atom stereocenters. The molecule has 0 radical (unpaired) electrons. The second-order valence-electron chi connectivity index (χ2n) is 3.87. The van der Waals surface area contributed by atoms with Crippen LogP contribution in [0.5, 0.6) is 0 Å².